The van der Waals surface area contributed by atoms with Gasteiger partial charge in [-0.25, -0.2) is 14.6 Å². The van der Waals surface area contributed by atoms with Crippen LogP contribution in [0.1, 0.15) is 29.5 Å². The average molecular weight is 390 g/mol. The Kier molecular flexibility index (Phi) is 6.58. The summed E-state index contributed by atoms with van der Waals surface area (Å²) in [6.07, 6.45) is 3.95. The Morgan fingerprint density at radius 3 is 2.55 bits per heavy atom. The van der Waals surface area contributed by atoms with Crippen LogP contribution in [-0.2, 0) is 20.7 Å². The fourth-order valence-corrected chi connectivity index (χ4v) is 3.07. The molecule has 2 N–H and O–H groups in total. The van der Waals surface area contributed by atoms with E-state index in [-0.39, 0.29) is 0 Å². The van der Waals surface area contributed by atoms with E-state index in [0.29, 0.717) is 12.8 Å². The highest BCUT2D eigenvalue weighted by atomic mass is 16.5. The molecule has 29 heavy (non-hydrogen) atoms. The van der Waals surface area contributed by atoms with E-state index in [0.717, 1.165) is 40.2 Å². The van der Waals surface area contributed by atoms with Gasteiger partial charge in [0.2, 0.25) is 0 Å². The monoisotopic (exact) mass is 390 g/mol. The number of imidazole rings is 1. The molecule has 0 aliphatic heterocycles. The minimum atomic E-state index is -1.20. The topological polar surface area (TPSA) is 92.3 Å². The van der Waals surface area contributed by atoms with Crippen molar-refractivity contribution in [2.75, 3.05) is 0 Å². The predicted octanol–water partition coefficient (Wildman–Crippen LogP) is 4.24. The lowest BCUT2D eigenvalue weighted by Gasteiger charge is -2.18. The smallest absolute Gasteiger partial charge is 0.331 e. The van der Waals surface area contributed by atoms with E-state index in [4.69, 9.17) is 9.84 Å². The van der Waals surface area contributed by atoms with Crippen LogP contribution in [0.4, 0.5) is 0 Å². The molecular formula is C23H22N2O4. The third-order valence-corrected chi connectivity index (χ3v) is 4.56. The van der Waals surface area contributed by atoms with Gasteiger partial charge in [-0.05, 0) is 42.5 Å². The fourth-order valence-electron chi connectivity index (χ4n) is 3.07. The standard InChI is InChI=1S/C23H22N2O4/c1-16-20(25-15-24-16)10-11-21(29-23(28)13-12-22(26)27)19-9-5-8-18(14-19)17-6-3-2-4-7-17/h2-9,12-15,21H,10-11H2,1H3,(H,24,25)(H,26,27)/b13-12-. The van der Waals surface area contributed by atoms with Crippen molar-refractivity contribution in [2.24, 2.45) is 0 Å². The van der Waals surface area contributed by atoms with Crippen molar-refractivity contribution in [1.82, 2.24) is 9.97 Å². The number of nitrogens with zero attached hydrogens (tertiary/aromatic N) is 1. The largest absolute Gasteiger partial charge is 0.478 e. The number of hydrogen-bond donors (Lipinski definition) is 2. The number of aromatic amines is 1. The van der Waals surface area contributed by atoms with Gasteiger partial charge in [-0.2, -0.15) is 0 Å². The number of benzene rings is 2. The van der Waals surface area contributed by atoms with Crippen molar-refractivity contribution in [3.05, 3.63) is 90.0 Å². The molecule has 0 aliphatic carbocycles. The number of H-pyrrole nitrogens is 1. The maximum atomic E-state index is 12.1. The summed E-state index contributed by atoms with van der Waals surface area (Å²) in [6, 6.07) is 17.7. The molecule has 3 rings (SSSR count). The number of carbonyl (C=O) groups is 2. The number of carboxylic acid groups (broad SMARTS) is 1. The molecule has 0 fully saturated rings. The van der Waals surface area contributed by atoms with Crippen molar-refractivity contribution in [2.45, 2.75) is 25.9 Å². The quantitative estimate of drug-likeness (QED) is 0.443. The summed E-state index contributed by atoms with van der Waals surface area (Å²) >= 11 is 0. The summed E-state index contributed by atoms with van der Waals surface area (Å²) in [5.74, 6) is -1.89. The molecule has 1 aromatic heterocycles. The number of aromatic nitrogens is 2. The number of rotatable bonds is 8. The van der Waals surface area contributed by atoms with Crippen molar-refractivity contribution >= 4 is 11.9 Å². The highest BCUT2D eigenvalue weighted by Gasteiger charge is 2.18. The molecule has 0 aliphatic rings. The van der Waals surface area contributed by atoms with E-state index in [2.05, 4.69) is 9.97 Å². The van der Waals surface area contributed by atoms with E-state index in [9.17, 15) is 9.59 Å². The minimum absolute atomic E-state index is 0.524. The molecule has 0 amide bonds. The molecule has 3 aromatic rings. The lowest BCUT2D eigenvalue weighted by molar-refractivity contribution is -0.144. The first-order chi connectivity index (χ1) is 14.0. The maximum Gasteiger partial charge on any atom is 0.331 e. The summed E-state index contributed by atoms with van der Waals surface area (Å²) in [5, 5.41) is 8.73. The fraction of sp³-hybridized carbons (Fsp3) is 0.174. The highest BCUT2D eigenvalue weighted by molar-refractivity contribution is 5.90. The lowest BCUT2D eigenvalue weighted by atomic mass is 9.98. The van der Waals surface area contributed by atoms with E-state index >= 15 is 0 Å². The average Bonchev–Trinajstić information content (AvgIpc) is 3.15. The summed E-state index contributed by atoms with van der Waals surface area (Å²) in [7, 11) is 0. The van der Waals surface area contributed by atoms with Crippen molar-refractivity contribution in [3.8, 4) is 11.1 Å². The number of ether oxygens (including phenoxy) is 1. The minimum Gasteiger partial charge on any atom is -0.478 e. The Labute approximate surface area is 168 Å². The number of nitrogens with one attached hydrogen (secondary N) is 1. The van der Waals surface area contributed by atoms with Crippen LogP contribution < -0.4 is 0 Å². The second kappa shape index (κ2) is 9.50. The molecule has 0 saturated carbocycles. The van der Waals surface area contributed by atoms with Crippen LogP contribution in [0.5, 0.6) is 0 Å². The van der Waals surface area contributed by atoms with Gasteiger partial charge in [0.1, 0.15) is 6.10 Å². The van der Waals surface area contributed by atoms with Gasteiger partial charge in [-0.3, -0.25) is 0 Å². The van der Waals surface area contributed by atoms with Gasteiger partial charge in [0.25, 0.3) is 0 Å². The third kappa shape index (κ3) is 5.65. The molecule has 0 saturated heterocycles. The van der Waals surface area contributed by atoms with Crippen LogP contribution in [0.25, 0.3) is 11.1 Å². The van der Waals surface area contributed by atoms with Gasteiger partial charge >= 0.3 is 11.9 Å². The van der Waals surface area contributed by atoms with Gasteiger partial charge in [0, 0.05) is 17.8 Å². The van der Waals surface area contributed by atoms with Crippen molar-refractivity contribution in [1.29, 1.82) is 0 Å². The number of aliphatic carboxylic acids is 1. The van der Waals surface area contributed by atoms with Crippen LogP contribution >= 0.6 is 0 Å². The number of hydrogen-bond acceptors (Lipinski definition) is 4. The molecular weight excluding hydrogens is 368 g/mol. The summed E-state index contributed by atoms with van der Waals surface area (Å²) in [5.41, 5.74) is 4.80. The van der Waals surface area contributed by atoms with Gasteiger partial charge in [0.15, 0.2) is 0 Å². The Balaban J connectivity index is 1.84. The van der Waals surface area contributed by atoms with Crippen molar-refractivity contribution < 1.29 is 19.4 Å². The zero-order chi connectivity index (χ0) is 20.6. The first kappa shape index (κ1) is 20.1. The second-order valence-corrected chi connectivity index (χ2v) is 6.60. The number of aryl methyl sites for hydroxylation is 2. The van der Waals surface area contributed by atoms with Gasteiger partial charge in [-0.15, -0.1) is 0 Å². The maximum absolute atomic E-state index is 12.1. The predicted molar refractivity (Wildman–Crippen MR) is 109 cm³/mol. The first-order valence-electron chi connectivity index (χ1n) is 9.29. The van der Waals surface area contributed by atoms with Crippen molar-refractivity contribution in [3.63, 3.8) is 0 Å². The van der Waals surface area contributed by atoms with Crippen LogP contribution in [-0.4, -0.2) is 27.0 Å². The SMILES string of the molecule is Cc1[nH]cnc1CCC(OC(=O)/C=C\C(=O)O)c1cccc(-c2ccccc2)c1. The van der Waals surface area contributed by atoms with Crippen LogP contribution in [0, 0.1) is 6.92 Å². The number of carbonyl (C=O) groups excluding carboxylic acids is 1. The number of esters is 1. The van der Waals surface area contributed by atoms with Gasteiger partial charge in [-0.1, -0.05) is 48.5 Å². The molecule has 1 unspecified atom stereocenters. The molecule has 0 bridgehead atoms. The van der Waals surface area contributed by atoms with E-state index in [1.807, 2.05) is 61.5 Å². The molecule has 0 spiro atoms. The Hall–Kier alpha value is -3.67. The zero-order valence-electron chi connectivity index (χ0n) is 16.0. The number of carboxylic acids is 1. The summed E-state index contributed by atoms with van der Waals surface area (Å²) in [6.45, 7) is 1.94. The van der Waals surface area contributed by atoms with Gasteiger partial charge in [0.05, 0.1) is 12.0 Å². The Morgan fingerprint density at radius 2 is 1.86 bits per heavy atom. The normalized spacial score (nSPS) is 12.0. The van der Waals surface area contributed by atoms with E-state index in [1.165, 1.54) is 0 Å². The Bertz CT molecular complexity index is 1010. The van der Waals surface area contributed by atoms with Crippen LogP contribution in [0.3, 0.4) is 0 Å². The van der Waals surface area contributed by atoms with E-state index in [1.54, 1.807) is 6.33 Å². The van der Waals surface area contributed by atoms with Crippen LogP contribution in [0.2, 0.25) is 0 Å². The third-order valence-electron chi connectivity index (χ3n) is 4.56. The first-order valence-corrected chi connectivity index (χ1v) is 9.29. The highest BCUT2D eigenvalue weighted by Crippen LogP contribution is 2.28. The summed E-state index contributed by atoms with van der Waals surface area (Å²) in [4.78, 5) is 30.1. The summed E-state index contributed by atoms with van der Waals surface area (Å²) < 4.78 is 5.59. The molecule has 1 heterocycles. The van der Waals surface area contributed by atoms with Crippen LogP contribution in [0.15, 0.2) is 73.1 Å². The van der Waals surface area contributed by atoms with E-state index < -0.39 is 18.0 Å². The lowest BCUT2D eigenvalue weighted by Crippen LogP contribution is -2.11. The Morgan fingerprint density at radius 1 is 1.10 bits per heavy atom. The molecule has 6 nitrogen and oxygen atoms in total. The zero-order valence-corrected chi connectivity index (χ0v) is 16.0. The second-order valence-electron chi connectivity index (χ2n) is 6.60. The molecule has 6 heteroatoms. The molecule has 0 radical (unpaired) electrons. The molecule has 2 aromatic carbocycles. The molecule has 1 atom stereocenters. The van der Waals surface area contributed by atoms with Gasteiger partial charge < -0.3 is 14.8 Å². The molecule has 148 valence electrons.